The van der Waals surface area contributed by atoms with E-state index in [-0.39, 0.29) is 6.04 Å². The number of rotatable bonds is 8. The lowest BCUT2D eigenvalue weighted by molar-refractivity contribution is 0.207. The first kappa shape index (κ1) is 21.2. The van der Waals surface area contributed by atoms with Gasteiger partial charge in [0.2, 0.25) is 0 Å². The highest BCUT2D eigenvalue weighted by atomic mass is 32.1. The van der Waals surface area contributed by atoms with E-state index in [1.165, 1.54) is 11.1 Å². The van der Waals surface area contributed by atoms with E-state index < -0.39 is 0 Å². The first-order chi connectivity index (χ1) is 15.2. The van der Waals surface area contributed by atoms with Gasteiger partial charge in [-0.3, -0.25) is 14.5 Å². The van der Waals surface area contributed by atoms with Crippen molar-refractivity contribution in [2.75, 3.05) is 7.05 Å². The molecule has 0 bridgehead atoms. The second kappa shape index (κ2) is 9.81. The van der Waals surface area contributed by atoms with E-state index in [9.17, 15) is 0 Å². The Morgan fingerprint density at radius 2 is 1.48 bits per heavy atom. The van der Waals surface area contributed by atoms with Gasteiger partial charge in [-0.1, -0.05) is 67.6 Å². The normalized spacial score (nSPS) is 11.4. The van der Waals surface area contributed by atoms with Gasteiger partial charge in [0.05, 0.1) is 12.7 Å². The summed E-state index contributed by atoms with van der Waals surface area (Å²) in [6.45, 7) is 3.57. The lowest BCUT2D eigenvalue weighted by Gasteiger charge is -2.28. The minimum absolute atomic E-state index is 0.102. The van der Waals surface area contributed by atoms with Crippen LogP contribution in [0.3, 0.4) is 0 Å². The van der Waals surface area contributed by atoms with E-state index in [1.54, 1.807) is 12.4 Å². The molecule has 0 aliphatic carbocycles. The molecule has 2 aromatic carbocycles. The number of hydrogen-bond acceptors (Lipinski definition) is 4. The molecule has 0 saturated heterocycles. The van der Waals surface area contributed by atoms with Crippen LogP contribution in [0.5, 0.6) is 0 Å². The van der Waals surface area contributed by atoms with Crippen LogP contribution in [-0.4, -0.2) is 31.3 Å². The van der Waals surface area contributed by atoms with Gasteiger partial charge >= 0.3 is 0 Å². The Hall–Kier alpha value is -3.09. The van der Waals surface area contributed by atoms with E-state index in [4.69, 9.17) is 17.3 Å². The zero-order valence-electron chi connectivity index (χ0n) is 17.9. The number of benzene rings is 2. The summed E-state index contributed by atoms with van der Waals surface area (Å²) in [7, 11) is 2.12. The second-order valence-corrected chi connectivity index (χ2v) is 7.98. The summed E-state index contributed by atoms with van der Waals surface area (Å²) in [5, 5.41) is 4.91. The Balaban J connectivity index is 1.71. The first-order valence-electron chi connectivity index (χ1n) is 10.6. The van der Waals surface area contributed by atoms with E-state index in [1.807, 2.05) is 16.8 Å². The van der Waals surface area contributed by atoms with Gasteiger partial charge in [-0.05, 0) is 48.9 Å². The summed E-state index contributed by atoms with van der Waals surface area (Å²) >= 11 is 5.84. The minimum atomic E-state index is 0.102. The van der Waals surface area contributed by atoms with Crippen molar-refractivity contribution in [3.05, 3.63) is 101 Å². The average Bonchev–Trinajstić information content (AvgIpc) is 3.11. The monoisotopic (exact) mass is 429 g/mol. The number of pyridine rings is 1. The molecule has 158 valence electrons. The van der Waals surface area contributed by atoms with Crippen molar-refractivity contribution in [1.29, 1.82) is 0 Å². The smallest absolute Gasteiger partial charge is 0.199 e. The van der Waals surface area contributed by atoms with Crippen LogP contribution in [0.4, 0.5) is 0 Å². The molecule has 0 spiro atoms. The molecular weight excluding hydrogens is 402 g/mol. The summed E-state index contributed by atoms with van der Waals surface area (Å²) in [5.41, 5.74) is 3.51. The van der Waals surface area contributed by atoms with Crippen molar-refractivity contribution in [2.24, 2.45) is 0 Å². The molecule has 0 unspecified atom stereocenters. The average molecular weight is 430 g/mol. The predicted octanol–water partition coefficient (Wildman–Crippen LogP) is 5.56. The fourth-order valence-corrected chi connectivity index (χ4v) is 4.21. The summed E-state index contributed by atoms with van der Waals surface area (Å²) in [6, 6.07) is 25.2. The maximum absolute atomic E-state index is 5.84. The highest BCUT2D eigenvalue weighted by Crippen LogP contribution is 2.28. The van der Waals surface area contributed by atoms with Gasteiger partial charge in [0, 0.05) is 24.5 Å². The molecule has 5 nitrogen and oxygen atoms in total. The number of nitrogens with zero attached hydrogens (tertiary/aromatic N) is 5. The zero-order chi connectivity index (χ0) is 21.6. The molecule has 0 radical (unpaired) electrons. The van der Waals surface area contributed by atoms with Crippen molar-refractivity contribution < 1.29 is 0 Å². The topological polar surface area (TPSA) is 38.9 Å². The van der Waals surface area contributed by atoms with Gasteiger partial charge in [0.1, 0.15) is 0 Å². The lowest BCUT2D eigenvalue weighted by atomic mass is 9.98. The third kappa shape index (κ3) is 4.65. The molecule has 0 aliphatic heterocycles. The molecule has 0 saturated carbocycles. The molecule has 2 aromatic heterocycles. The molecule has 0 fully saturated rings. The van der Waals surface area contributed by atoms with E-state index in [0.717, 1.165) is 29.1 Å². The van der Waals surface area contributed by atoms with Gasteiger partial charge in [0.25, 0.3) is 0 Å². The number of hydrogen-bond donors (Lipinski definition) is 0. The van der Waals surface area contributed by atoms with Gasteiger partial charge in [0.15, 0.2) is 10.6 Å². The maximum Gasteiger partial charge on any atom is 0.199 e. The van der Waals surface area contributed by atoms with Crippen LogP contribution >= 0.6 is 12.2 Å². The van der Waals surface area contributed by atoms with Crippen LogP contribution in [0.2, 0.25) is 0 Å². The molecule has 2 heterocycles. The van der Waals surface area contributed by atoms with E-state index >= 15 is 0 Å². The van der Waals surface area contributed by atoms with Crippen molar-refractivity contribution in [3.8, 4) is 11.4 Å². The molecule has 4 rings (SSSR count). The zero-order valence-corrected chi connectivity index (χ0v) is 18.7. The van der Waals surface area contributed by atoms with Crippen LogP contribution in [0.1, 0.15) is 30.5 Å². The van der Waals surface area contributed by atoms with Crippen LogP contribution in [-0.2, 0) is 13.2 Å². The minimum Gasteiger partial charge on any atom is -0.300 e. The van der Waals surface area contributed by atoms with E-state index in [2.05, 4.69) is 89.1 Å². The summed E-state index contributed by atoms with van der Waals surface area (Å²) < 4.78 is 4.79. The Labute approximate surface area is 188 Å². The Morgan fingerprint density at radius 1 is 0.903 bits per heavy atom. The quantitative estimate of drug-likeness (QED) is 0.344. The molecule has 0 N–H and O–H groups in total. The van der Waals surface area contributed by atoms with Crippen molar-refractivity contribution in [1.82, 2.24) is 24.2 Å². The van der Waals surface area contributed by atoms with Gasteiger partial charge < -0.3 is 0 Å². The molecule has 0 atom stereocenters. The molecule has 0 aliphatic rings. The second-order valence-electron chi connectivity index (χ2n) is 7.62. The van der Waals surface area contributed by atoms with Crippen LogP contribution in [0.25, 0.3) is 11.4 Å². The molecule has 4 aromatic rings. The summed E-state index contributed by atoms with van der Waals surface area (Å²) in [6.07, 6.45) is 4.58. The fourth-order valence-electron chi connectivity index (χ4n) is 3.94. The summed E-state index contributed by atoms with van der Waals surface area (Å²) in [4.78, 5) is 6.43. The Kier molecular flexibility index (Phi) is 6.70. The summed E-state index contributed by atoms with van der Waals surface area (Å²) in [5.74, 6) is 0.888. The first-order valence-corrected chi connectivity index (χ1v) is 11.0. The Bertz CT molecular complexity index is 1110. The van der Waals surface area contributed by atoms with Gasteiger partial charge in [-0.25, -0.2) is 4.68 Å². The SMILES string of the molecule is CCCn1c(-c2ccncc2)nn(CN(C)C(c2ccccc2)c2ccccc2)c1=S. The highest BCUT2D eigenvalue weighted by Gasteiger charge is 2.21. The van der Waals surface area contributed by atoms with E-state index in [0.29, 0.717) is 6.67 Å². The van der Waals surface area contributed by atoms with Crippen molar-refractivity contribution >= 4 is 12.2 Å². The largest absolute Gasteiger partial charge is 0.300 e. The third-order valence-corrected chi connectivity index (χ3v) is 5.77. The van der Waals surface area contributed by atoms with Gasteiger partial charge in [-0.2, -0.15) is 5.10 Å². The fraction of sp³-hybridized carbons (Fsp3) is 0.240. The molecular formula is C25H27N5S. The van der Waals surface area contributed by atoms with Crippen LogP contribution in [0, 0.1) is 4.77 Å². The van der Waals surface area contributed by atoms with Gasteiger partial charge in [-0.15, -0.1) is 0 Å². The predicted molar refractivity (Wildman–Crippen MR) is 127 cm³/mol. The molecule has 0 amide bonds. The van der Waals surface area contributed by atoms with Crippen LogP contribution in [0.15, 0.2) is 85.2 Å². The van der Waals surface area contributed by atoms with Crippen molar-refractivity contribution in [2.45, 2.75) is 32.6 Å². The number of aromatic nitrogens is 4. The maximum atomic E-state index is 5.84. The third-order valence-electron chi connectivity index (χ3n) is 5.34. The Morgan fingerprint density at radius 3 is 2.03 bits per heavy atom. The molecule has 6 heteroatoms. The highest BCUT2D eigenvalue weighted by molar-refractivity contribution is 7.71. The van der Waals surface area contributed by atoms with Crippen molar-refractivity contribution in [3.63, 3.8) is 0 Å². The standard InChI is InChI=1S/C25H27N5S/c1-3-18-29-24(22-14-16-26-17-15-22)27-30(25(29)31)19-28(2)23(20-10-6-4-7-11-20)21-12-8-5-9-13-21/h4-17,23H,3,18-19H2,1-2H3. The lowest BCUT2D eigenvalue weighted by Crippen LogP contribution is -2.28. The van der Waals surface area contributed by atoms with Crippen LogP contribution < -0.4 is 0 Å². The molecule has 31 heavy (non-hydrogen) atoms.